The molecule has 23 heavy (non-hydrogen) atoms. The highest BCUT2D eigenvalue weighted by Gasteiger charge is 2.38. The number of nitrogens with zero attached hydrogens (tertiary/aromatic N) is 1. The van der Waals surface area contributed by atoms with E-state index < -0.39 is 11.5 Å². The molecule has 4 nitrogen and oxygen atoms in total. The zero-order chi connectivity index (χ0) is 16.4. The lowest BCUT2D eigenvalue weighted by atomic mass is 9.82. The van der Waals surface area contributed by atoms with E-state index in [1.54, 1.807) is 18.7 Å². The summed E-state index contributed by atoms with van der Waals surface area (Å²) < 4.78 is 5.29. The minimum atomic E-state index is -1.21. The van der Waals surface area contributed by atoms with Crippen molar-refractivity contribution in [2.45, 2.75) is 19.4 Å². The monoisotopic (exact) mass is 313 g/mol. The van der Waals surface area contributed by atoms with Crippen molar-refractivity contribution >= 4 is 16.7 Å². The minimum Gasteiger partial charge on any atom is -0.385 e. The van der Waals surface area contributed by atoms with Crippen molar-refractivity contribution in [1.29, 1.82) is 0 Å². The van der Waals surface area contributed by atoms with Crippen LogP contribution in [0, 0.1) is 5.92 Å². The summed E-state index contributed by atoms with van der Waals surface area (Å²) in [5.41, 5.74) is -0.440. The van der Waals surface area contributed by atoms with Crippen LogP contribution in [0.25, 0.3) is 10.8 Å². The van der Waals surface area contributed by atoms with Crippen molar-refractivity contribution in [3.8, 4) is 0 Å². The van der Waals surface area contributed by atoms with Crippen molar-refractivity contribution in [1.82, 2.24) is 4.90 Å². The number of rotatable bonds is 3. The Balaban J connectivity index is 1.87. The third-order valence-corrected chi connectivity index (χ3v) is 4.87. The first-order chi connectivity index (χ1) is 11.0. The van der Waals surface area contributed by atoms with Crippen LogP contribution in [0.2, 0.25) is 0 Å². The van der Waals surface area contributed by atoms with E-state index in [-0.39, 0.29) is 5.91 Å². The van der Waals surface area contributed by atoms with E-state index in [9.17, 15) is 9.90 Å². The first-order valence-electron chi connectivity index (χ1n) is 8.08. The molecular formula is C19H23NO3. The second-order valence-electron chi connectivity index (χ2n) is 6.37. The zero-order valence-corrected chi connectivity index (χ0v) is 13.7. The molecule has 122 valence electrons. The second kappa shape index (κ2) is 6.30. The maximum atomic E-state index is 12.7. The molecule has 0 aromatic heterocycles. The molecule has 1 N–H and O–H groups in total. The lowest BCUT2D eigenvalue weighted by Gasteiger charge is -2.35. The number of ether oxygens (including phenoxy) is 1. The molecule has 4 heteroatoms. The van der Waals surface area contributed by atoms with Gasteiger partial charge in [-0.1, -0.05) is 43.3 Å². The van der Waals surface area contributed by atoms with Crippen LogP contribution in [0.15, 0.2) is 42.5 Å². The summed E-state index contributed by atoms with van der Waals surface area (Å²) >= 11 is 0. The summed E-state index contributed by atoms with van der Waals surface area (Å²) in [6.45, 7) is 5.84. The van der Waals surface area contributed by atoms with Crippen LogP contribution in [-0.2, 0) is 15.1 Å². The normalized spacial score (nSPS) is 19.3. The third kappa shape index (κ3) is 3.09. The number of carbonyl (C=O) groups is 1. The standard InChI is InChI=1S/C19H23NO3/c1-14(18(21)20-9-11-23-12-10-20)19(2,22)17-8-7-15-5-3-4-6-16(15)13-17/h3-8,13-14,22H,9-12H2,1-2H3/t14-,19+/m0/s1. The van der Waals surface area contributed by atoms with Gasteiger partial charge in [0.2, 0.25) is 5.91 Å². The fraction of sp³-hybridized carbons (Fsp3) is 0.421. The zero-order valence-electron chi connectivity index (χ0n) is 13.7. The number of morpholine rings is 1. The maximum absolute atomic E-state index is 12.7. The first kappa shape index (κ1) is 16.0. The van der Waals surface area contributed by atoms with E-state index in [4.69, 9.17) is 4.74 Å². The van der Waals surface area contributed by atoms with Gasteiger partial charge in [-0.25, -0.2) is 0 Å². The SMILES string of the molecule is C[C@@H](C(=O)N1CCOCC1)[C@@](C)(O)c1ccc2ccccc2c1. The Labute approximate surface area is 136 Å². The molecule has 0 spiro atoms. The van der Waals surface area contributed by atoms with Crippen LogP contribution in [0.5, 0.6) is 0 Å². The fourth-order valence-corrected chi connectivity index (χ4v) is 3.05. The van der Waals surface area contributed by atoms with E-state index in [0.29, 0.717) is 26.3 Å². The van der Waals surface area contributed by atoms with Gasteiger partial charge in [0, 0.05) is 13.1 Å². The molecule has 0 aliphatic carbocycles. The lowest BCUT2D eigenvalue weighted by molar-refractivity contribution is -0.148. The van der Waals surface area contributed by atoms with Gasteiger partial charge in [0.15, 0.2) is 0 Å². The number of hydrogen-bond donors (Lipinski definition) is 1. The molecule has 0 bridgehead atoms. The highest BCUT2D eigenvalue weighted by molar-refractivity contribution is 5.84. The highest BCUT2D eigenvalue weighted by atomic mass is 16.5. The molecule has 1 aliphatic rings. The molecular weight excluding hydrogens is 290 g/mol. The Morgan fingerprint density at radius 3 is 2.52 bits per heavy atom. The Morgan fingerprint density at radius 1 is 1.17 bits per heavy atom. The van der Waals surface area contributed by atoms with E-state index >= 15 is 0 Å². The molecule has 2 atom stereocenters. The largest absolute Gasteiger partial charge is 0.385 e. The Kier molecular flexibility index (Phi) is 4.37. The summed E-state index contributed by atoms with van der Waals surface area (Å²) in [5.74, 6) is -0.534. The number of aliphatic hydroxyl groups is 1. The van der Waals surface area contributed by atoms with Gasteiger partial charge in [-0.2, -0.15) is 0 Å². The minimum absolute atomic E-state index is 0.0218. The van der Waals surface area contributed by atoms with Gasteiger partial charge in [-0.15, -0.1) is 0 Å². The van der Waals surface area contributed by atoms with Gasteiger partial charge >= 0.3 is 0 Å². The van der Waals surface area contributed by atoms with Gasteiger partial charge in [0.25, 0.3) is 0 Å². The average Bonchev–Trinajstić information content (AvgIpc) is 2.60. The van der Waals surface area contributed by atoms with Crippen molar-refractivity contribution < 1.29 is 14.6 Å². The van der Waals surface area contributed by atoms with Crippen molar-refractivity contribution in [3.63, 3.8) is 0 Å². The summed E-state index contributed by atoms with van der Waals surface area (Å²) in [7, 11) is 0. The third-order valence-electron chi connectivity index (χ3n) is 4.87. The van der Waals surface area contributed by atoms with E-state index in [0.717, 1.165) is 16.3 Å². The predicted octanol–water partition coefficient (Wildman–Crippen LogP) is 2.54. The summed E-state index contributed by atoms with van der Waals surface area (Å²) in [4.78, 5) is 14.5. The fourth-order valence-electron chi connectivity index (χ4n) is 3.05. The van der Waals surface area contributed by atoms with Crippen LogP contribution < -0.4 is 0 Å². The van der Waals surface area contributed by atoms with Crippen molar-refractivity contribution in [3.05, 3.63) is 48.0 Å². The molecule has 2 aromatic rings. The molecule has 2 aromatic carbocycles. The quantitative estimate of drug-likeness (QED) is 0.947. The second-order valence-corrected chi connectivity index (χ2v) is 6.37. The summed E-state index contributed by atoms with van der Waals surface area (Å²) in [6.07, 6.45) is 0. The number of hydrogen-bond acceptors (Lipinski definition) is 3. The Hall–Kier alpha value is -1.91. The molecule has 0 unspecified atom stereocenters. The molecule has 1 heterocycles. The van der Waals surface area contributed by atoms with Crippen LogP contribution in [0.4, 0.5) is 0 Å². The lowest BCUT2D eigenvalue weighted by Crippen LogP contribution is -2.48. The van der Waals surface area contributed by atoms with E-state index in [1.165, 1.54) is 0 Å². The van der Waals surface area contributed by atoms with Crippen LogP contribution in [-0.4, -0.2) is 42.2 Å². The maximum Gasteiger partial charge on any atom is 0.228 e. The number of fused-ring (bicyclic) bond motifs is 1. The van der Waals surface area contributed by atoms with E-state index in [2.05, 4.69) is 0 Å². The van der Waals surface area contributed by atoms with Gasteiger partial charge in [0.05, 0.1) is 24.7 Å². The van der Waals surface area contributed by atoms with E-state index in [1.807, 2.05) is 42.5 Å². The topological polar surface area (TPSA) is 49.8 Å². The van der Waals surface area contributed by atoms with Crippen LogP contribution >= 0.6 is 0 Å². The number of benzene rings is 2. The Bertz CT molecular complexity index is 705. The van der Waals surface area contributed by atoms with Crippen LogP contribution in [0.1, 0.15) is 19.4 Å². The van der Waals surface area contributed by atoms with Crippen LogP contribution in [0.3, 0.4) is 0 Å². The molecule has 0 radical (unpaired) electrons. The average molecular weight is 313 g/mol. The van der Waals surface area contributed by atoms with Gasteiger partial charge in [-0.3, -0.25) is 4.79 Å². The first-order valence-corrected chi connectivity index (χ1v) is 8.08. The molecule has 1 aliphatic heterocycles. The molecule has 0 saturated carbocycles. The van der Waals surface area contributed by atoms with Gasteiger partial charge in [0.1, 0.15) is 0 Å². The number of amides is 1. The van der Waals surface area contributed by atoms with Gasteiger partial charge < -0.3 is 14.7 Å². The molecule has 1 saturated heterocycles. The van der Waals surface area contributed by atoms with Crippen molar-refractivity contribution in [2.24, 2.45) is 5.92 Å². The molecule has 1 amide bonds. The summed E-state index contributed by atoms with van der Waals surface area (Å²) in [5, 5.41) is 13.2. The summed E-state index contributed by atoms with van der Waals surface area (Å²) in [6, 6.07) is 13.9. The highest BCUT2D eigenvalue weighted by Crippen LogP contribution is 2.32. The van der Waals surface area contributed by atoms with Crippen molar-refractivity contribution in [2.75, 3.05) is 26.3 Å². The molecule has 1 fully saturated rings. The Morgan fingerprint density at radius 2 is 1.83 bits per heavy atom. The van der Waals surface area contributed by atoms with Gasteiger partial charge in [-0.05, 0) is 29.3 Å². The predicted molar refractivity (Wildman–Crippen MR) is 90.1 cm³/mol. The number of carbonyl (C=O) groups excluding carboxylic acids is 1. The molecule has 3 rings (SSSR count). The smallest absolute Gasteiger partial charge is 0.228 e.